The lowest BCUT2D eigenvalue weighted by Gasteiger charge is -2.20. The van der Waals surface area contributed by atoms with E-state index in [-0.39, 0.29) is 17.6 Å². The molecule has 1 heterocycles. The summed E-state index contributed by atoms with van der Waals surface area (Å²) in [4.78, 5) is 25.8. The van der Waals surface area contributed by atoms with Crippen molar-refractivity contribution >= 4 is 17.4 Å². The number of carbonyl (C=O) groups excluding carboxylic acids is 2. The van der Waals surface area contributed by atoms with Crippen LogP contribution in [0.5, 0.6) is 0 Å². The van der Waals surface area contributed by atoms with Crippen LogP contribution in [0.15, 0.2) is 18.2 Å². The highest BCUT2D eigenvalue weighted by Crippen LogP contribution is 2.31. The van der Waals surface area contributed by atoms with Crippen LogP contribution in [0.2, 0.25) is 0 Å². The van der Waals surface area contributed by atoms with Gasteiger partial charge in [-0.3, -0.25) is 9.59 Å². The van der Waals surface area contributed by atoms with Crippen LogP contribution in [0.3, 0.4) is 0 Å². The molecular weight excluding hydrogens is 238 g/mol. The van der Waals surface area contributed by atoms with Crippen LogP contribution in [0.25, 0.3) is 0 Å². The van der Waals surface area contributed by atoms with Gasteiger partial charge in [0, 0.05) is 24.2 Å². The summed E-state index contributed by atoms with van der Waals surface area (Å²) in [5, 5.41) is 0. The fourth-order valence-electron chi connectivity index (χ4n) is 3.22. The largest absolute Gasteiger partial charge is 0.315 e. The van der Waals surface area contributed by atoms with Crippen molar-refractivity contribution < 1.29 is 9.59 Å². The van der Waals surface area contributed by atoms with Gasteiger partial charge in [-0.15, -0.1) is 0 Å². The van der Waals surface area contributed by atoms with E-state index >= 15 is 0 Å². The molecule has 3 heteroatoms. The SMILES string of the molecule is CN1C(=O)Cc2cc(C(=O)C3CCCCC3)ccc21. The number of likely N-dealkylation sites (N-methyl/N-ethyl adjacent to an activating group) is 1. The fourth-order valence-corrected chi connectivity index (χ4v) is 3.22. The van der Waals surface area contributed by atoms with Gasteiger partial charge in [-0.25, -0.2) is 0 Å². The standard InChI is InChI=1S/C16H19NO2/c1-17-14-8-7-12(9-13(14)10-15(17)18)16(19)11-5-3-2-4-6-11/h7-9,11H,2-6,10H2,1H3. The number of amides is 1. The van der Waals surface area contributed by atoms with Crippen molar-refractivity contribution in [3.63, 3.8) is 0 Å². The van der Waals surface area contributed by atoms with Crippen LogP contribution in [-0.4, -0.2) is 18.7 Å². The van der Waals surface area contributed by atoms with E-state index in [1.807, 2.05) is 18.2 Å². The number of fused-ring (bicyclic) bond motifs is 1. The summed E-state index contributed by atoms with van der Waals surface area (Å²) in [6, 6.07) is 5.72. The lowest BCUT2D eigenvalue weighted by molar-refractivity contribution is -0.117. The van der Waals surface area contributed by atoms with Crippen LogP contribution in [-0.2, 0) is 11.2 Å². The molecule has 0 saturated heterocycles. The minimum absolute atomic E-state index is 0.109. The molecule has 1 aromatic carbocycles. The number of hydrogen-bond donors (Lipinski definition) is 0. The van der Waals surface area contributed by atoms with Gasteiger partial charge in [0.25, 0.3) is 0 Å². The average Bonchev–Trinajstić information content (AvgIpc) is 2.74. The molecule has 1 amide bonds. The number of nitrogens with zero attached hydrogens (tertiary/aromatic N) is 1. The van der Waals surface area contributed by atoms with Crippen molar-refractivity contribution in [1.29, 1.82) is 0 Å². The Kier molecular flexibility index (Phi) is 3.13. The van der Waals surface area contributed by atoms with Gasteiger partial charge in [0.1, 0.15) is 0 Å². The molecule has 0 radical (unpaired) electrons. The summed E-state index contributed by atoms with van der Waals surface area (Å²) >= 11 is 0. The molecular formula is C16H19NO2. The summed E-state index contributed by atoms with van der Waals surface area (Å²) < 4.78 is 0. The van der Waals surface area contributed by atoms with Crippen LogP contribution >= 0.6 is 0 Å². The molecule has 1 aliphatic carbocycles. The number of anilines is 1. The molecule has 1 fully saturated rings. The first-order valence-electron chi connectivity index (χ1n) is 7.10. The molecule has 0 spiro atoms. The average molecular weight is 257 g/mol. The Balaban J connectivity index is 1.85. The van der Waals surface area contributed by atoms with Crippen molar-refractivity contribution in [2.75, 3.05) is 11.9 Å². The van der Waals surface area contributed by atoms with Gasteiger partial charge in [0.2, 0.25) is 5.91 Å². The van der Waals surface area contributed by atoms with Gasteiger partial charge in [0.15, 0.2) is 5.78 Å². The lowest BCUT2D eigenvalue weighted by Crippen LogP contribution is -2.20. The summed E-state index contributed by atoms with van der Waals surface area (Å²) in [5.74, 6) is 0.573. The first-order chi connectivity index (χ1) is 9.16. The van der Waals surface area contributed by atoms with Gasteiger partial charge in [-0.05, 0) is 36.6 Å². The van der Waals surface area contributed by atoms with E-state index in [1.54, 1.807) is 11.9 Å². The third-order valence-electron chi connectivity index (χ3n) is 4.42. The normalized spacial score (nSPS) is 19.6. The van der Waals surface area contributed by atoms with Crippen molar-refractivity contribution in [1.82, 2.24) is 0 Å². The Morgan fingerprint density at radius 2 is 1.95 bits per heavy atom. The van der Waals surface area contributed by atoms with Gasteiger partial charge in [0.05, 0.1) is 6.42 Å². The van der Waals surface area contributed by atoms with E-state index < -0.39 is 0 Å². The molecule has 0 bridgehead atoms. The Morgan fingerprint density at radius 3 is 2.68 bits per heavy atom. The number of Topliss-reactive ketones (excluding diaryl/α,β-unsaturated/α-hetero) is 1. The second kappa shape index (κ2) is 4.80. The third kappa shape index (κ3) is 2.18. The molecule has 3 rings (SSSR count). The molecule has 1 aliphatic heterocycles. The molecule has 19 heavy (non-hydrogen) atoms. The molecule has 1 aromatic rings. The second-order valence-corrected chi connectivity index (χ2v) is 5.67. The molecule has 0 atom stereocenters. The Hall–Kier alpha value is -1.64. The van der Waals surface area contributed by atoms with Crippen molar-refractivity contribution in [2.24, 2.45) is 5.92 Å². The molecule has 0 unspecified atom stereocenters. The topological polar surface area (TPSA) is 37.4 Å². The van der Waals surface area contributed by atoms with Crippen molar-refractivity contribution in [3.8, 4) is 0 Å². The van der Waals surface area contributed by atoms with E-state index in [4.69, 9.17) is 0 Å². The van der Waals surface area contributed by atoms with Gasteiger partial charge in [-0.1, -0.05) is 19.3 Å². The smallest absolute Gasteiger partial charge is 0.231 e. The summed E-state index contributed by atoms with van der Waals surface area (Å²) in [5.41, 5.74) is 2.73. The highest BCUT2D eigenvalue weighted by atomic mass is 16.2. The molecule has 0 aromatic heterocycles. The van der Waals surface area contributed by atoms with Gasteiger partial charge >= 0.3 is 0 Å². The van der Waals surface area contributed by atoms with E-state index in [1.165, 1.54) is 19.3 Å². The van der Waals surface area contributed by atoms with Crippen LogP contribution < -0.4 is 4.90 Å². The van der Waals surface area contributed by atoms with E-state index in [0.29, 0.717) is 6.42 Å². The van der Waals surface area contributed by atoms with E-state index in [0.717, 1.165) is 29.7 Å². The summed E-state index contributed by atoms with van der Waals surface area (Å²) in [6.07, 6.45) is 6.07. The lowest BCUT2D eigenvalue weighted by atomic mass is 9.83. The Labute approximate surface area is 113 Å². The highest BCUT2D eigenvalue weighted by Gasteiger charge is 2.27. The third-order valence-corrected chi connectivity index (χ3v) is 4.42. The predicted octanol–water partition coefficient (Wildman–Crippen LogP) is 2.97. The maximum atomic E-state index is 12.5. The second-order valence-electron chi connectivity index (χ2n) is 5.67. The highest BCUT2D eigenvalue weighted by molar-refractivity contribution is 6.03. The van der Waals surface area contributed by atoms with Crippen molar-refractivity contribution in [3.05, 3.63) is 29.3 Å². The molecule has 1 saturated carbocycles. The minimum atomic E-state index is 0.109. The maximum absolute atomic E-state index is 12.5. The monoisotopic (exact) mass is 257 g/mol. The number of hydrogen-bond acceptors (Lipinski definition) is 2. The number of rotatable bonds is 2. The Morgan fingerprint density at radius 1 is 1.21 bits per heavy atom. The maximum Gasteiger partial charge on any atom is 0.231 e. The zero-order chi connectivity index (χ0) is 13.4. The number of carbonyl (C=O) groups is 2. The molecule has 2 aliphatic rings. The van der Waals surface area contributed by atoms with Gasteiger partial charge < -0.3 is 4.90 Å². The van der Waals surface area contributed by atoms with Crippen LogP contribution in [0.4, 0.5) is 5.69 Å². The molecule has 0 N–H and O–H groups in total. The quantitative estimate of drug-likeness (QED) is 0.764. The Bertz CT molecular complexity index is 530. The summed E-state index contributed by atoms with van der Waals surface area (Å²) in [7, 11) is 1.79. The van der Waals surface area contributed by atoms with Crippen molar-refractivity contribution in [2.45, 2.75) is 38.5 Å². The van der Waals surface area contributed by atoms with E-state index in [2.05, 4.69) is 0 Å². The first kappa shape index (κ1) is 12.4. The van der Waals surface area contributed by atoms with Crippen LogP contribution in [0.1, 0.15) is 48.0 Å². The minimum Gasteiger partial charge on any atom is -0.315 e. The zero-order valence-corrected chi connectivity index (χ0v) is 11.3. The van der Waals surface area contributed by atoms with Crippen LogP contribution in [0, 0.1) is 5.92 Å². The zero-order valence-electron chi connectivity index (χ0n) is 11.3. The number of ketones is 1. The predicted molar refractivity (Wildman–Crippen MR) is 74.5 cm³/mol. The molecule has 100 valence electrons. The fraction of sp³-hybridized carbons (Fsp3) is 0.500. The molecule has 3 nitrogen and oxygen atoms in total. The van der Waals surface area contributed by atoms with Gasteiger partial charge in [-0.2, -0.15) is 0 Å². The number of benzene rings is 1. The van der Waals surface area contributed by atoms with E-state index in [9.17, 15) is 9.59 Å². The first-order valence-corrected chi connectivity index (χ1v) is 7.10. The summed E-state index contributed by atoms with van der Waals surface area (Å²) in [6.45, 7) is 0.